The van der Waals surface area contributed by atoms with Crippen molar-refractivity contribution < 1.29 is 13.2 Å². The van der Waals surface area contributed by atoms with Crippen LogP contribution in [0.1, 0.15) is 5.82 Å². The SMILES string of the molecule is FC(F)(F)c1nc(-c2ccccc2)cc(-c2ccccc2)n1. The first-order valence-corrected chi connectivity index (χ1v) is 6.61. The Balaban J connectivity index is 2.19. The minimum absolute atomic E-state index is 0.252. The lowest BCUT2D eigenvalue weighted by Crippen LogP contribution is -2.12. The Morgan fingerprint density at radius 2 is 1.05 bits per heavy atom. The highest BCUT2D eigenvalue weighted by atomic mass is 19.4. The third-order valence-corrected chi connectivity index (χ3v) is 3.12. The van der Waals surface area contributed by atoms with Crippen molar-refractivity contribution in [3.8, 4) is 22.5 Å². The summed E-state index contributed by atoms with van der Waals surface area (Å²) in [6.07, 6.45) is -4.59. The number of hydrogen-bond donors (Lipinski definition) is 0. The number of halogens is 3. The average molecular weight is 300 g/mol. The van der Waals surface area contributed by atoms with E-state index in [2.05, 4.69) is 9.97 Å². The summed E-state index contributed by atoms with van der Waals surface area (Å²) >= 11 is 0. The van der Waals surface area contributed by atoms with Crippen LogP contribution in [0.4, 0.5) is 13.2 Å². The maximum atomic E-state index is 13.1. The van der Waals surface area contributed by atoms with E-state index >= 15 is 0 Å². The van der Waals surface area contributed by atoms with E-state index in [9.17, 15) is 13.2 Å². The fourth-order valence-electron chi connectivity index (χ4n) is 2.09. The van der Waals surface area contributed by atoms with Crippen molar-refractivity contribution in [1.82, 2.24) is 9.97 Å². The van der Waals surface area contributed by atoms with Crippen molar-refractivity contribution in [3.05, 3.63) is 72.6 Å². The second kappa shape index (κ2) is 5.60. The third kappa shape index (κ3) is 2.98. The van der Waals surface area contributed by atoms with Gasteiger partial charge in [0.25, 0.3) is 0 Å². The molecule has 0 aliphatic rings. The van der Waals surface area contributed by atoms with Gasteiger partial charge in [0, 0.05) is 11.1 Å². The number of benzene rings is 2. The van der Waals surface area contributed by atoms with Gasteiger partial charge in [0.2, 0.25) is 5.82 Å². The summed E-state index contributed by atoms with van der Waals surface area (Å²) in [6, 6.07) is 19.1. The van der Waals surface area contributed by atoms with Gasteiger partial charge in [0.1, 0.15) is 0 Å². The Bertz CT molecular complexity index is 711. The smallest absolute Gasteiger partial charge is 0.224 e. The molecule has 5 heteroatoms. The molecular weight excluding hydrogens is 289 g/mol. The number of aromatic nitrogens is 2. The van der Waals surface area contributed by atoms with Crippen LogP contribution in [-0.4, -0.2) is 9.97 Å². The van der Waals surface area contributed by atoms with E-state index in [-0.39, 0.29) is 11.4 Å². The van der Waals surface area contributed by atoms with Crippen molar-refractivity contribution in [1.29, 1.82) is 0 Å². The molecular formula is C17H11F3N2. The van der Waals surface area contributed by atoms with E-state index in [4.69, 9.17) is 0 Å². The molecule has 0 aliphatic heterocycles. The summed E-state index contributed by atoms with van der Waals surface area (Å²) in [5, 5.41) is 0. The molecule has 3 rings (SSSR count). The van der Waals surface area contributed by atoms with Crippen molar-refractivity contribution >= 4 is 0 Å². The minimum Gasteiger partial charge on any atom is -0.224 e. The molecule has 0 amide bonds. The molecule has 110 valence electrons. The van der Waals surface area contributed by atoms with Crippen LogP contribution in [0, 0.1) is 0 Å². The van der Waals surface area contributed by atoms with E-state index in [1.165, 1.54) is 0 Å². The first-order valence-electron chi connectivity index (χ1n) is 6.61. The topological polar surface area (TPSA) is 25.8 Å². The molecule has 0 N–H and O–H groups in total. The van der Waals surface area contributed by atoms with E-state index in [0.717, 1.165) is 0 Å². The first kappa shape index (κ1) is 14.3. The molecule has 0 atom stereocenters. The van der Waals surface area contributed by atoms with Gasteiger partial charge in [0.05, 0.1) is 11.4 Å². The molecule has 3 aromatic rings. The lowest BCUT2D eigenvalue weighted by Gasteiger charge is -2.10. The highest BCUT2D eigenvalue weighted by molar-refractivity contribution is 5.67. The summed E-state index contributed by atoms with van der Waals surface area (Å²) in [5.74, 6) is -1.13. The maximum absolute atomic E-state index is 13.1. The zero-order valence-corrected chi connectivity index (χ0v) is 11.4. The second-order valence-electron chi connectivity index (χ2n) is 4.69. The van der Waals surface area contributed by atoms with Crippen molar-refractivity contribution in [2.75, 3.05) is 0 Å². The van der Waals surface area contributed by atoms with Crippen LogP contribution in [0.2, 0.25) is 0 Å². The van der Waals surface area contributed by atoms with Gasteiger partial charge in [-0.15, -0.1) is 0 Å². The van der Waals surface area contributed by atoms with Gasteiger partial charge < -0.3 is 0 Å². The summed E-state index contributed by atoms with van der Waals surface area (Å²) in [7, 11) is 0. The standard InChI is InChI=1S/C17H11F3N2/c18-17(19,20)16-21-14(12-7-3-1-4-8-12)11-15(22-16)13-9-5-2-6-10-13/h1-11H. The normalized spacial score (nSPS) is 11.4. The highest BCUT2D eigenvalue weighted by Crippen LogP contribution is 2.31. The molecule has 2 aromatic carbocycles. The predicted molar refractivity (Wildman–Crippen MR) is 77.9 cm³/mol. The van der Waals surface area contributed by atoms with Crippen LogP contribution in [0.3, 0.4) is 0 Å². The minimum atomic E-state index is -4.59. The molecule has 0 spiro atoms. The Morgan fingerprint density at radius 1 is 0.636 bits per heavy atom. The van der Waals surface area contributed by atoms with Crippen LogP contribution in [0.25, 0.3) is 22.5 Å². The number of rotatable bonds is 2. The maximum Gasteiger partial charge on any atom is 0.451 e. The molecule has 0 radical (unpaired) electrons. The fourth-order valence-corrected chi connectivity index (χ4v) is 2.09. The number of hydrogen-bond acceptors (Lipinski definition) is 2. The zero-order valence-electron chi connectivity index (χ0n) is 11.4. The Kier molecular flexibility index (Phi) is 3.63. The van der Waals surface area contributed by atoms with Gasteiger partial charge >= 0.3 is 6.18 Å². The summed E-state index contributed by atoms with van der Waals surface area (Å²) < 4.78 is 39.2. The van der Waals surface area contributed by atoms with Crippen LogP contribution in [0.5, 0.6) is 0 Å². The van der Waals surface area contributed by atoms with Gasteiger partial charge in [-0.05, 0) is 6.07 Å². The van der Waals surface area contributed by atoms with Crippen LogP contribution >= 0.6 is 0 Å². The number of alkyl halides is 3. The van der Waals surface area contributed by atoms with Crippen molar-refractivity contribution in [2.45, 2.75) is 6.18 Å². The Hall–Kier alpha value is -2.69. The number of nitrogens with zero attached hydrogens (tertiary/aromatic N) is 2. The highest BCUT2D eigenvalue weighted by Gasteiger charge is 2.35. The molecule has 2 nitrogen and oxygen atoms in total. The monoisotopic (exact) mass is 300 g/mol. The molecule has 22 heavy (non-hydrogen) atoms. The van der Waals surface area contributed by atoms with E-state index in [1.54, 1.807) is 66.7 Å². The summed E-state index contributed by atoms with van der Waals surface area (Å²) in [4.78, 5) is 7.33. The van der Waals surface area contributed by atoms with Gasteiger partial charge in [-0.25, -0.2) is 9.97 Å². The average Bonchev–Trinajstić information content (AvgIpc) is 2.55. The van der Waals surface area contributed by atoms with Gasteiger partial charge in [-0.2, -0.15) is 13.2 Å². The summed E-state index contributed by atoms with van der Waals surface area (Å²) in [5.41, 5.74) is 1.74. The third-order valence-electron chi connectivity index (χ3n) is 3.12. The molecule has 1 heterocycles. The van der Waals surface area contributed by atoms with Crippen LogP contribution < -0.4 is 0 Å². The van der Waals surface area contributed by atoms with Gasteiger partial charge in [0.15, 0.2) is 0 Å². The second-order valence-corrected chi connectivity index (χ2v) is 4.69. The Labute approximate surface area is 125 Å². The lowest BCUT2D eigenvalue weighted by atomic mass is 10.1. The predicted octanol–water partition coefficient (Wildman–Crippen LogP) is 4.83. The van der Waals surface area contributed by atoms with Crippen molar-refractivity contribution in [2.24, 2.45) is 0 Å². The first-order chi connectivity index (χ1) is 10.5. The largest absolute Gasteiger partial charge is 0.451 e. The fraction of sp³-hybridized carbons (Fsp3) is 0.0588. The lowest BCUT2D eigenvalue weighted by molar-refractivity contribution is -0.144. The molecule has 0 fully saturated rings. The molecule has 0 unspecified atom stereocenters. The summed E-state index contributed by atoms with van der Waals surface area (Å²) in [6.45, 7) is 0. The molecule has 0 bridgehead atoms. The van der Waals surface area contributed by atoms with Gasteiger partial charge in [-0.1, -0.05) is 60.7 Å². The van der Waals surface area contributed by atoms with Crippen LogP contribution in [0.15, 0.2) is 66.7 Å². The molecule has 0 aliphatic carbocycles. The van der Waals surface area contributed by atoms with E-state index in [0.29, 0.717) is 11.1 Å². The van der Waals surface area contributed by atoms with Crippen molar-refractivity contribution in [3.63, 3.8) is 0 Å². The zero-order chi connectivity index (χ0) is 15.6. The molecule has 1 aromatic heterocycles. The van der Waals surface area contributed by atoms with Crippen LogP contribution in [-0.2, 0) is 6.18 Å². The quantitative estimate of drug-likeness (QED) is 0.677. The van der Waals surface area contributed by atoms with E-state index < -0.39 is 12.0 Å². The van der Waals surface area contributed by atoms with Gasteiger partial charge in [-0.3, -0.25) is 0 Å². The molecule has 0 saturated carbocycles. The van der Waals surface area contributed by atoms with E-state index in [1.807, 2.05) is 0 Å². The molecule has 0 saturated heterocycles. The Morgan fingerprint density at radius 3 is 1.41 bits per heavy atom.